The molecule has 11 rings (SSSR count). The van der Waals surface area contributed by atoms with Crippen LogP contribution < -0.4 is 0 Å². The van der Waals surface area contributed by atoms with E-state index in [1.165, 1.54) is 49.5 Å². The molecule has 0 aliphatic heterocycles. The Kier molecular flexibility index (Phi) is 11.8. The van der Waals surface area contributed by atoms with Crippen LogP contribution in [-0.2, 0) is 25.5 Å². The van der Waals surface area contributed by atoms with Crippen LogP contribution in [0.25, 0.3) is 94.1 Å². The van der Waals surface area contributed by atoms with Gasteiger partial charge in [-0.1, -0.05) is 138 Å². The molecule has 3 aromatic heterocycles. The minimum atomic E-state index is 0. The van der Waals surface area contributed by atoms with Gasteiger partial charge in [0.05, 0.1) is 28.3 Å². The second-order valence-corrected chi connectivity index (χ2v) is 18.3. The normalized spacial score (nSPS) is 11.8. The molecule has 3 heterocycles. The van der Waals surface area contributed by atoms with Gasteiger partial charge in [-0.2, -0.15) is 0 Å². The summed E-state index contributed by atoms with van der Waals surface area (Å²) in [6, 6.07) is 59.9. The summed E-state index contributed by atoms with van der Waals surface area (Å²) in [6.07, 6.45) is 3.78. The standard InChI is InChI=1S/C45H35N2O.C14H15N2.Ir/c1-27(2)36-24-32(29-13-6-5-7-14-29)25-37(28(3)4)43(36)47-41-20-11-10-19-40(41)46-45(47)35-18-12-17-34-39-23-31-22-21-30-15-8-9-16-33(30)38(31)26-42(39)48-44(34)35;1-14(2,3)12-9-15-13(16-10-12)11-7-5-4-6-8-11;/h5-17,19-28H,1-4H3;4-7,9-10H,1-3H3;/q2*-1;. The van der Waals surface area contributed by atoms with E-state index in [2.05, 4.69) is 196 Å². The van der Waals surface area contributed by atoms with Gasteiger partial charge in [-0.05, 0) is 103 Å². The van der Waals surface area contributed by atoms with Crippen LogP contribution in [0, 0.1) is 12.1 Å². The van der Waals surface area contributed by atoms with Crippen LogP contribution in [0.15, 0.2) is 168 Å². The first kappa shape index (κ1) is 43.5. The van der Waals surface area contributed by atoms with Crippen molar-refractivity contribution in [1.82, 2.24) is 19.5 Å². The maximum Gasteiger partial charge on any atom is 0.121 e. The summed E-state index contributed by atoms with van der Waals surface area (Å²) >= 11 is 0. The van der Waals surface area contributed by atoms with Crippen LogP contribution in [0.2, 0.25) is 0 Å². The van der Waals surface area contributed by atoms with Gasteiger partial charge in [-0.15, -0.1) is 54.1 Å². The van der Waals surface area contributed by atoms with Crippen LogP contribution in [0.3, 0.4) is 0 Å². The predicted molar refractivity (Wildman–Crippen MR) is 266 cm³/mol. The minimum Gasteiger partial charge on any atom is -0.501 e. The number of benzene rings is 8. The average Bonchev–Trinajstić information content (AvgIpc) is 3.89. The molecule has 0 saturated carbocycles. The zero-order chi connectivity index (χ0) is 44.1. The van der Waals surface area contributed by atoms with Gasteiger partial charge in [0.25, 0.3) is 0 Å². The molecule has 11 aromatic rings. The number of rotatable bonds is 6. The van der Waals surface area contributed by atoms with Crippen LogP contribution in [0.1, 0.15) is 77.0 Å². The Morgan fingerprint density at radius 3 is 1.97 bits per heavy atom. The Balaban J connectivity index is 0.000000266. The molecule has 0 saturated heterocycles. The predicted octanol–water partition coefficient (Wildman–Crippen LogP) is 15.9. The van der Waals surface area contributed by atoms with Crippen LogP contribution in [0.4, 0.5) is 0 Å². The van der Waals surface area contributed by atoms with Crippen molar-refractivity contribution in [2.75, 3.05) is 0 Å². The summed E-state index contributed by atoms with van der Waals surface area (Å²) in [4.78, 5) is 14.1. The fourth-order valence-electron chi connectivity index (χ4n) is 8.83. The van der Waals surface area contributed by atoms with Crippen molar-refractivity contribution < 1.29 is 24.5 Å². The molecule has 8 aromatic carbocycles. The van der Waals surface area contributed by atoms with E-state index in [0.717, 1.165) is 61.3 Å². The number of aromatic nitrogens is 4. The molecule has 0 unspecified atom stereocenters. The van der Waals surface area contributed by atoms with Crippen molar-refractivity contribution in [3.8, 4) is 39.6 Å². The van der Waals surface area contributed by atoms with E-state index >= 15 is 0 Å². The number of hydrogen-bond acceptors (Lipinski definition) is 4. The first-order chi connectivity index (χ1) is 31.0. The van der Waals surface area contributed by atoms with E-state index < -0.39 is 0 Å². The number of fused-ring (bicyclic) bond motifs is 7. The minimum absolute atomic E-state index is 0. The Morgan fingerprint density at radius 2 is 1.26 bits per heavy atom. The molecule has 0 amide bonds. The van der Waals surface area contributed by atoms with Gasteiger partial charge >= 0.3 is 0 Å². The van der Waals surface area contributed by atoms with Crippen molar-refractivity contribution >= 4 is 54.5 Å². The Bertz CT molecular complexity index is 3440. The van der Waals surface area contributed by atoms with E-state index in [-0.39, 0.29) is 37.4 Å². The number of hydrogen-bond donors (Lipinski definition) is 0. The molecule has 0 N–H and O–H groups in total. The summed E-state index contributed by atoms with van der Waals surface area (Å²) in [5, 5.41) is 7.02. The molecule has 0 aliphatic rings. The molecule has 1 radical (unpaired) electrons. The quantitative estimate of drug-likeness (QED) is 0.123. The topological polar surface area (TPSA) is 56.7 Å². The smallest absolute Gasteiger partial charge is 0.121 e. The molecule has 0 spiro atoms. The fraction of sp³-hybridized carbons (Fsp3) is 0.169. The molecule has 0 bridgehead atoms. The van der Waals surface area contributed by atoms with E-state index in [0.29, 0.717) is 0 Å². The fourth-order valence-corrected chi connectivity index (χ4v) is 8.83. The molecule has 6 heteroatoms. The summed E-state index contributed by atoms with van der Waals surface area (Å²) in [6.45, 7) is 15.6. The van der Waals surface area contributed by atoms with Crippen molar-refractivity contribution in [3.05, 3.63) is 193 Å². The summed E-state index contributed by atoms with van der Waals surface area (Å²) in [5.74, 6) is 2.13. The Hall–Kier alpha value is -6.72. The molecular weight excluding hydrogens is 973 g/mol. The average molecular weight is 1020 g/mol. The molecule has 323 valence electrons. The summed E-state index contributed by atoms with van der Waals surface area (Å²) < 4.78 is 9.20. The molecular formula is C59H50IrN4O-2. The van der Waals surface area contributed by atoms with Crippen molar-refractivity contribution in [3.63, 3.8) is 0 Å². The third-order valence-electron chi connectivity index (χ3n) is 12.3. The van der Waals surface area contributed by atoms with Gasteiger partial charge < -0.3 is 8.98 Å². The van der Waals surface area contributed by atoms with E-state index in [1.54, 1.807) is 0 Å². The second kappa shape index (κ2) is 17.7. The molecule has 0 fully saturated rings. The Labute approximate surface area is 394 Å². The first-order valence-electron chi connectivity index (χ1n) is 22.2. The summed E-state index contributed by atoms with van der Waals surface area (Å²) in [7, 11) is 0. The van der Waals surface area contributed by atoms with Gasteiger partial charge in [0.15, 0.2) is 0 Å². The van der Waals surface area contributed by atoms with Crippen LogP contribution >= 0.6 is 0 Å². The molecule has 5 nitrogen and oxygen atoms in total. The summed E-state index contributed by atoms with van der Waals surface area (Å²) in [5.41, 5.74) is 13.0. The molecule has 0 atom stereocenters. The van der Waals surface area contributed by atoms with Crippen molar-refractivity contribution in [1.29, 1.82) is 0 Å². The van der Waals surface area contributed by atoms with Crippen molar-refractivity contribution in [2.45, 2.75) is 65.7 Å². The van der Waals surface area contributed by atoms with Gasteiger partial charge in [0.1, 0.15) is 5.58 Å². The monoisotopic (exact) mass is 1020 g/mol. The van der Waals surface area contributed by atoms with Crippen LogP contribution in [0.5, 0.6) is 0 Å². The first-order valence-corrected chi connectivity index (χ1v) is 22.2. The maximum atomic E-state index is 6.83. The van der Waals surface area contributed by atoms with Crippen LogP contribution in [-0.4, -0.2) is 19.5 Å². The largest absolute Gasteiger partial charge is 0.501 e. The third kappa shape index (κ3) is 8.18. The molecule has 0 aliphatic carbocycles. The zero-order valence-electron chi connectivity index (χ0n) is 37.8. The zero-order valence-corrected chi connectivity index (χ0v) is 40.2. The van der Waals surface area contributed by atoms with Gasteiger partial charge in [-0.25, -0.2) is 0 Å². The van der Waals surface area contributed by atoms with E-state index in [9.17, 15) is 0 Å². The third-order valence-corrected chi connectivity index (χ3v) is 12.3. The number of furan rings is 1. The maximum absolute atomic E-state index is 6.83. The second-order valence-electron chi connectivity index (χ2n) is 18.3. The number of para-hydroxylation sites is 2. The van der Waals surface area contributed by atoms with Crippen molar-refractivity contribution in [2.24, 2.45) is 0 Å². The number of imidazole rings is 1. The molecule has 65 heavy (non-hydrogen) atoms. The van der Waals surface area contributed by atoms with Gasteiger partial charge in [0, 0.05) is 43.6 Å². The van der Waals surface area contributed by atoms with E-state index in [4.69, 9.17) is 9.40 Å². The van der Waals surface area contributed by atoms with Gasteiger partial charge in [-0.3, -0.25) is 15.0 Å². The van der Waals surface area contributed by atoms with E-state index in [1.807, 2.05) is 42.7 Å². The Morgan fingerprint density at radius 1 is 0.585 bits per heavy atom. The van der Waals surface area contributed by atoms with Gasteiger partial charge in [0.2, 0.25) is 0 Å². The number of nitrogens with zero attached hydrogens (tertiary/aromatic N) is 4. The SMILES string of the molecule is CC(C)(C)c1cnc(-c2[c-]cccc2)nc1.CC(C)c1cc(-c2ccccc2)cc(C(C)C)c1-n1c(-c2[c-]ccc3c2oc2cc4c(ccc5ccccc54)cc23)nc2ccccc21.[Ir].